The Labute approximate surface area is 154 Å². The highest BCUT2D eigenvalue weighted by atomic mass is 79.9. The van der Waals surface area contributed by atoms with Crippen LogP contribution in [0.15, 0.2) is 39.7 Å². The predicted octanol–water partition coefficient (Wildman–Crippen LogP) is 4.11. The van der Waals surface area contributed by atoms with Gasteiger partial charge in [0.15, 0.2) is 16.9 Å². The molecule has 5 nitrogen and oxygen atoms in total. The van der Waals surface area contributed by atoms with Gasteiger partial charge in [-0.2, -0.15) is 0 Å². The maximum Gasteiger partial charge on any atom is 0.196 e. The van der Waals surface area contributed by atoms with Crippen LogP contribution in [0.2, 0.25) is 0 Å². The maximum atomic E-state index is 13.6. The summed E-state index contributed by atoms with van der Waals surface area (Å²) in [7, 11) is 0. The first-order chi connectivity index (χ1) is 12.0. The van der Waals surface area contributed by atoms with E-state index in [2.05, 4.69) is 15.9 Å². The molecule has 1 fully saturated rings. The van der Waals surface area contributed by atoms with Crippen LogP contribution in [-0.4, -0.2) is 22.0 Å². The molecular weight excluding hydrogens is 415 g/mol. The molecule has 1 aliphatic heterocycles. The van der Waals surface area contributed by atoms with E-state index >= 15 is 0 Å². The van der Waals surface area contributed by atoms with E-state index in [-0.39, 0.29) is 4.90 Å². The topological polar surface area (TPSA) is 65.0 Å². The first kappa shape index (κ1) is 17.1. The highest BCUT2D eigenvalue weighted by Crippen LogP contribution is 2.49. The molecule has 2 aromatic carbocycles. The SMILES string of the molecule is O=S(O)c1ccc(Oc2cc(F)cc(Br)c2)c2c1C1(CC2)OCCO1. The molecule has 25 heavy (non-hydrogen) atoms. The van der Waals surface area contributed by atoms with Crippen molar-refractivity contribution < 1.29 is 27.4 Å². The van der Waals surface area contributed by atoms with Crippen LogP contribution in [-0.2, 0) is 32.8 Å². The summed E-state index contributed by atoms with van der Waals surface area (Å²) in [4.78, 5) is 0.252. The largest absolute Gasteiger partial charge is 0.457 e. The van der Waals surface area contributed by atoms with Crippen LogP contribution in [0.5, 0.6) is 11.5 Å². The second-order valence-corrected chi connectivity index (χ2v) is 7.68. The smallest absolute Gasteiger partial charge is 0.196 e. The van der Waals surface area contributed by atoms with Gasteiger partial charge in [-0.3, -0.25) is 0 Å². The zero-order chi connectivity index (χ0) is 17.6. The Bertz CT molecular complexity index is 846. The summed E-state index contributed by atoms with van der Waals surface area (Å²) in [6.45, 7) is 0.859. The van der Waals surface area contributed by atoms with Gasteiger partial charge in [-0.05, 0) is 30.7 Å². The zero-order valence-electron chi connectivity index (χ0n) is 13.0. The zero-order valence-corrected chi connectivity index (χ0v) is 15.4. The van der Waals surface area contributed by atoms with Crippen molar-refractivity contribution in [3.8, 4) is 11.5 Å². The molecule has 4 rings (SSSR count). The number of ether oxygens (including phenoxy) is 3. The highest BCUT2D eigenvalue weighted by Gasteiger charge is 2.47. The summed E-state index contributed by atoms with van der Waals surface area (Å²) in [6.07, 6.45) is 1.12. The van der Waals surface area contributed by atoms with Gasteiger partial charge in [-0.1, -0.05) is 15.9 Å². The lowest BCUT2D eigenvalue weighted by Gasteiger charge is -2.24. The molecule has 132 valence electrons. The Morgan fingerprint density at radius 2 is 2.00 bits per heavy atom. The summed E-state index contributed by atoms with van der Waals surface area (Å²) in [5.74, 6) is -0.586. The molecule has 0 amide bonds. The molecule has 1 atom stereocenters. The third-order valence-corrected chi connectivity index (χ3v) is 5.50. The average Bonchev–Trinajstić information content (AvgIpc) is 3.16. The molecule has 1 heterocycles. The minimum Gasteiger partial charge on any atom is -0.457 e. The molecule has 0 bridgehead atoms. The summed E-state index contributed by atoms with van der Waals surface area (Å²) >= 11 is 1.06. The minimum atomic E-state index is -2.18. The monoisotopic (exact) mass is 428 g/mol. The van der Waals surface area contributed by atoms with Crippen LogP contribution in [0.4, 0.5) is 4.39 Å². The molecule has 1 aliphatic carbocycles. The molecule has 0 saturated carbocycles. The van der Waals surface area contributed by atoms with E-state index in [1.807, 2.05) is 0 Å². The molecule has 1 spiro atoms. The van der Waals surface area contributed by atoms with Crippen LogP contribution in [0.25, 0.3) is 0 Å². The van der Waals surface area contributed by atoms with Crippen molar-refractivity contribution in [2.24, 2.45) is 0 Å². The van der Waals surface area contributed by atoms with Crippen LogP contribution < -0.4 is 4.74 Å². The van der Waals surface area contributed by atoms with Gasteiger partial charge in [0.2, 0.25) is 0 Å². The fourth-order valence-corrected chi connectivity index (χ4v) is 4.47. The fraction of sp³-hybridized carbons (Fsp3) is 0.294. The quantitative estimate of drug-likeness (QED) is 0.745. The lowest BCUT2D eigenvalue weighted by molar-refractivity contribution is -0.164. The Hall–Kier alpha value is -1.32. The van der Waals surface area contributed by atoms with E-state index in [0.29, 0.717) is 47.6 Å². The minimum absolute atomic E-state index is 0.252. The van der Waals surface area contributed by atoms with E-state index in [9.17, 15) is 13.2 Å². The van der Waals surface area contributed by atoms with Gasteiger partial charge in [0, 0.05) is 28.1 Å². The third kappa shape index (κ3) is 3.02. The first-order valence-electron chi connectivity index (χ1n) is 7.68. The Morgan fingerprint density at radius 3 is 2.68 bits per heavy atom. The van der Waals surface area contributed by atoms with Crippen LogP contribution >= 0.6 is 15.9 Å². The number of fused-ring (bicyclic) bond motifs is 2. The van der Waals surface area contributed by atoms with E-state index in [4.69, 9.17) is 14.2 Å². The van der Waals surface area contributed by atoms with Crippen molar-refractivity contribution in [1.82, 2.24) is 0 Å². The number of rotatable bonds is 3. The van der Waals surface area contributed by atoms with Crippen molar-refractivity contribution in [3.05, 3.63) is 51.7 Å². The van der Waals surface area contributed by atoms with E-state index in [1.165, 1.54) is 18.2 Å². The maximum absolute atomic E-state index is 13.6. The van der Waals surface area contributed by atoms with Gasteiger partial charge >= 0.3 is 0 Å². The van der Waals surface area contributed by atoms with Gasteiger partial charge in [0.1, 0.15) is 17.3 Å². The van der Waals surface area contributed by atoms with Crippen LogP contribution in [0, 0.1) is 5.82 Å². The van der Waals surface area contributed by atoms with Crippen molar-refractivity contribution in [2.75, 3.05) is 13.2 Å². The number of hydrogen-bond acceptors (Lipinski definition) is 4. The van der Waals surface area contributed by atoms with Gasteiger partial charge in [-0.25, -0.2) is 8.60 Å². The highest BCUT2D eigenvalue weighted by molar-refractivity contribution is 9.10. The van der Waals surface area contributed by atoms with E-state index < -0.39 is 22.7 Å². The van der Waals surface area contributed by atoms with Gasteiger partial charge < -0.3 is 18.8 Å². The summed E-state index contributed by atoms with van der Waals surface area (Å²) in [5, 5.41) is 0. The molecule has 0 aromatic heterocycles. The Balaban J connectivity index is 1.81. The third-order valence-electron chi connectivity index (χ3n) is 4.32. The normalized spacial score (nSPS) is 19.2. The summed E-state index contributed by atoms with van der Waals surface area (Å²) < 4.78 is 53.0. The molecule has 1 saturated heterocycles. The van der Waals surface area contributed by atoms with Gasteiger partial charge in [-0.15, -0.1) is 0 Å². The molecule has 0 radical (unpaired) electrons. The molecule has 2 aliphatic rings. The fourth-order valence-electron chi connectivity index (χ4n) is 3.39. The molecule has 2 aromatic rings. The molecular formula is C17H14BrFO5S. The molecule has 8 heteroatoms. The first-order valence-corrected chi connectivity index (χ1v) is 9.57. The average molecular weight is 429 g/mol. The van der Waals surface area contributed by atoms with E-state index in [0.717, 1.165) is 5.56 Å². The molecule has 1 unspecified atom stereocenters. The van der Waals surface area contributed by atoms with Gasteiger partial charge in [0.25, 0.3) is 0 Å². The molecule has 1 N–H and O–H groups in total. The lowest BCUT2D eigenvalue weighted by Crippen LogP contribution is -2.25. The number of benzene rings is 2. The standard InChI is InChI=1S/C17H14BrFO5S/c18-10-7-11(19)9-12(8-10)24-14-1-2-15(25(20)21)16-13(14)3-4-17(16)22-5-6-23-17/h1-2,7-9H,3-6H2,(H,20,21). The van der Waals surface area contributed by atoms with Gasteiger partial charge in [0.05, 0.1) is 18.1 Å². The predicted molar refractivity (Wildman–Crippen MR) is 91.6 cm³/mol. The van der Waals surface area contributed by atoms with Crippen LogP contribution in [0.1, 0.15) is 17.5 Å². The van der Waals surface area contributed by atoms with Crippen molar-refractivity contribution in [2.45, 2.75) is 23.5 Å². The lowest BCUT2D eigenvalue weighted by atomic mass is 10.1. The Kier molecular flexibility index (Phi) is 4.41. The van der Waals surface area contributed by atoms with Crippen LogP contribution in [0.3, 0.4) is 0 Å². The second kappa shape index (κ2) is 6.44. The number of hydrogen-bond donors (Lipinski definition) is 1. The van der Waals surface area contributed by atoms with Crippen molar-refractivity contribution >= 4 is 27.0 Å². The van der Waals surface area contributed by atoms with Crippen molar-refractivity contribution in [3.63, 3.8) is 0 Å². The van der Waals surface area contributed by atoms with Crippen molar-refractivity contribution in [1.29, 1.82) is 0 Å². The number of halogens is 2. The summed E-state index contributed by atoms with van der Waals surface area (Å²) in [6, 6.07) is 7.42. The summed E-state index contributed by atoms with van der Waals surface area (Å²) in [5.41, 5.74) is 1.31. The van der Waals surface area contributed by atoms with E-state index in [1.54, 1.807) is 12.1 Å². The second-order valence-electron chi connectivity index (χ2n) is 5.82. The Morgan fingerprint density at radius 1 is 1.24 bits per heavy atom.